The van der Waals surface area contributed by atoms with E-state index in [-0.39, 0.29) is 11.8 Å². The zero-order chi connectivity index (χ0) is 20.1. The average Bonchev–Trinajstić information content (AvgIpc) is 2.68. The van der Waals surface area contributed by atoms with Crippen molar-refractivity contribution in [2.45, 2.75) is 25.2 Å². The first-order valence-corrected chi connectivity index (χ1v) is 9.74. The molecule has 0 heterocycles. The predicted octanol–water partition coefficient (Wildman–Crippen LogP) is 5.14. The number of esters is 1. The van der Waals surface area contributed by atoms with Crippen molar-refractivity contribution in [3.05, 3.63) is 76.6 Å². The molecule has 0 unspecified atom stereocenters. The van der Waals surface area contributed by atoms with Gasteiger partial charge in [-0.1, -0.05) is 35.9 Å². The fourth-order valence-corrected chi connectivity index (χ4v) is 4.18. The Kier molecular flexibility index (Phi) is 6.63. The van der Waals surface area contributed by atoms with Crippen molar-refractivity contribution in [1.82, 2.24) is 4.90 Å². The molecule has 0 radical (unpaired) electrons. The van der Waals surface area contributed by atoms with Gasteiger partial charge in [-0.15, -0.1) is 0 Å². The molecule has 1 aliphatic rings. The fourth-order valence-electron chi connectivity index (χ4n) is 4.18. The third-order valence-electron chi connectivity index (χ3n) is 5.44. The number of hydrogen-bond donors (Lipinski definition) is 0. The van der Waals surface area contributed by atoms with Crippen LogP contribution in [0.1, 0.15) is 46.7 Å². The van der Waals surface area contributed by atoms with Crippen LogP contribution in [0.4, 0.5) is 4.39 Å². The Morgan fingerprint density at radius 2 is 2.00 bits per heavy atom. The molecule has 2 aromatic carbocycles. The quantitative estimate of drug-likeness (QED) is 0.672. The van der Waals surface area contributed by atoms with Crippen LogP contribution in [0.15, 0.2) is 54.1 Å². The van der Waals surface area contributed by atoms with E-state index in [1.54, 1.807) is 18.2 Å². The Balaban J connectivity index is 1.86. The number of benzene rings is 2. The number of carbonyl (C=O) groups excluding carboxylic acids is 1. The third kappa shape index (κ3) is 5.08. The summed E-state index contributed by atoms with van der Waals surface area (Å²) in [4.78, 5) is 14.0. The van der Waals surface area contributed by atoms with Crippen LogP contribution in [0.2, 0.25) is 0 Å². The van der Waals surface area contributed by atoms with E-state index in [2.05, 4.69) is 25.1 Å². The van der Waals surface area contributed by atoms with Gasteiger partial charge in [0, 0.05) is 6.54 Å². The van der Waals surface area contributed by atoms with E-state index in [9.17, 15) is 9.18 Å². The number of carbonyl (C=O) groups is 1. The molecule has 0 spiro atoms. The molecule has 0 saturated heterocycles. The molecule has 0 aliphatic heterocycles. The maximum Gasteiger partial charge on any atom is 0.337 e. The number of hydrogen-bond acceptors (Lipinski definition) is 3. The van der Waals surface area contributed by atoms with Gasteiger partial charge in [0.2, 0.25) is 0 Å². The minimum Gasteiger partial charge on any atom is -0.465 e. The minimum atomic E-state index is -0.326. The molecule has 2 atom stereocenters. The van der Waals surface area contributed by atoms with Gasteiger partial charge >= 0.3 is 5.97 Å². The standard InChI is InChI=1S/C24H28FNO2/c1-26(2)16-21-11-10-18(14-23(21)19-7-5-9-22(25)15-19)12-17-6-4-8-20(13-17)24(27)28-3/h4-9,12-13,15,21,23H,10-11,14,16H2,1-3H3/b18-12+/t21-,23-/m0/s1. The number of methoxy groups -OCH3 is 1. The number of halogens is 1. The first-order chi connectivity index (χ1) is 13.5. The van der Waals surface area contributed by atoms with Crippen LogP contribution < -0.4 is 0 Å². The molecule has 0 amide bonds. The van der Waals surface area contributed by atoms with Crippen LogP contribution in [0.5, 0.6) is 0 Å². The van der Waals surface area contributed by atoms with E-state index in [1.807, 2.05) is 24.3 Å². The summed E-state index contributed by atoms with van der Waals surface area (Å²) in [6.45, 7) is 0.992. The monoisotopic (exact) mass is 381 g/mol. The molecule has 2 aromatic rings. The van der Waals surface area contributed by atoms with E-state index >= 15 is 0 Å². The Hall–Kier alpha value is -2.46. The van der Waals surface area contributed by atoms with E-state index in [1.165, 1.54) is 18.7 Å². The van der Waals surface area contributed by atoms with Gasteiger partial charge in [0.05, 0.1) is 12.7 Å². The molecule has 0 N–H and O–H groups in total. The second-order valence-electron chi connectivity index (χ2n) is 7.85. The summed E-state index contributed by atoms with van der Waals surface area (Å²) >= 11 is 0. The Morgan fingerprint density at radius 1 is 1.21 bits per heavy atom. The van der Waals surface area contributed by atoms with Gasteiger partial charge < -0.3 is 9.64 Å². The first-order valence-electron chi connectivity index (χ1n) is 9.74. The lowest BCUT2D eigenvalue weighted by atomic mass is 9.73. The predicted molar refractivity (Wildman–Crippen MR) is 111 cm³/mol. The fraction of sp³-hybridized carbons (Fsp3) is 0.375. The normalized spacial score (nSPS) is 21.1. The van der Waals surface area contributed by atoms with Gasteiger partial charge in [0.25, 0.3) is 0 Å². The highest BCUT2D eigenvalue weighted by Gasteiger charge is 2.29. The molecule has 3 rings (SSSR count). The maximum atomic E-state index is 13.8. The van der Waals surface area contributed by atoms with Crippen LogP contribution in [0.25, 0.3) is 6.08 Å². The number of rotatable bonds is 5. The largest absolute Gasteiger partial charge is 0.465 e. The zero-order valence-electron chi connectivity index (χ0n) is 16.8. The highest BCUT2D eigenvalue weighted by molar-refractivity contribution is 5.90. The number of ether oxygens (including phenoxy) is 1. The van der Waals surface area contributed by atoms with Gasteiger partial charge in [0.1, 0.15) is 5.82 Å². The van der Waals surface area contributed by atoms with Crippen molar-refractivity contribution in [2.24, 2.45) is 5.92 Å². The van der Waals surface area contributed by atoms with Crippen LogP contribution >= 0.6 is 0 Å². The Bertz CT molecular complexity index is 859. The van der Waals surface area contributed by atoms with Crippen molar-refractivity contribution in [2.75, 3.05) is 27.7 Å². The van der Waals surface area contributed by atoms with Crippen LogP contribution in [0.3, 0.4) is 0 Å². The van der Waals surface area contributed by atoms with Crippen LogP contribution in [-0.2, 0) is 4.74 Å². The first kappa shape index (κ1) is 20.3. The summed E-state index contributed by atoms with van der Waals surface area (Å²) in [6.07, 6.45) is 5.17. The summed E-state index contributed by atoms with van der Waals surface area (Å²) < 4.78 is 18.7. The second kappa shape index (κ2) is 9.16. The van der Waals surface area contributed by atoms with Crippen LogP contribution in [-0.4, -0.2) is 38.6 Å². The van der Waals surface area contributed by atoms with Gasteiger partial charge in [-0.3, -0.25) is 0 Å². The zero-order valence-corrected chi connectivity index (χ0v) is 16.8. The van der Waals surface area contributed by atoms with Gasteiger partial charge in [-0.2, -0.15) is 0 Å². The van der Waals surface area contributed by atoms with Crippen molar-refractivity contribution >= 4 is 12.0 Å². The Morgan fingerprint density at radius 3 is 2.71 bits per heavy atom. The number of nitrogens with zero attached hydrogens (tertiary/aromatic N) is 1. The van der Waals surface area contributed by atoms with Crippen molar-refractivity contribution < 1.29 is 13.9 Å². The summed E-state index contributed by atoms with van der Waals surface area (Å²) in [5, 5.41) is 0. The SMILES string of the molecule is COC(=O)c1cccc(/C=C2\CC[C@@H](CN(C)C)[C@H](c3cccc(F)c3)C2)c1. The summed E-state index contributed by atoms with van der Waals surface area (Å²) in [5.41, 5.74) is 3.97. The lowest BCUT2D eigenvalue weighted by Crippen LogP contribution is -2.29. The molecule has 4 heteroatoms. The molecule has 28 heavy (non-hydrogen) atoms. The minimum absolute atomic E-state index is 0.178. The lowest BCUT2D eigenvalue weighted by molar-refractivity contribution is 0.0600. The topological polar surface area (TPSA) is 29.5 Å². The van der Waals surface area contributed by atoms with E-state index in [4.69, 9.17) is 4.74 Å². The smallest absolute Gasteiger partial charge is 0.337 e. The van der Waals surface area contributed by atoms with E-state index < -0.39 is 0 Å². The van der Waals surface area contributed by atoms with Crippen molar-refractivity contribution in [3.63, 3.8) is 0 Å². The summed E-state index contributed by atoms with van der Waals surface area (Å²) in [6, 6.07) is 14.5. The third-order valence-corrected chi connectivity index (χ3v) is 5.44. The highest BCUT2D eigenvalue weighted by atomic mass is 19.1. The summed E-state index contributed by atoms with van der Waals surface area (Å²) in [5.74, 6) is 0.285. The van der Waals surface area contributed by atoms with E-state index in [0.717, 1.165) is 36.9 Å². The van der Waals surface area contributed by atoms with Crippen LogP contribution in [0, 0.1) is 11.7 Å². The van der Waals surface area contributed by atoms with Gasteiger partial charge in [-0.05, 0) is 80.6 Å². The Labute approximate surface area is 166 Å². The molecule has 148 valence electrons. The maximum absolute atomic E-state index is 13.8. The van der Waals surface area contributed by atoms with Crippen molar-refractivity contribution in [3.8, 4) is 0 Å². The molecule has 0 bridgehead atoms. The van der Waals surface area contributed by atoms with E-state index in [0.29, 0.717) is 17.4 Å². The molecular formula is C24H28FNO2. The lowest BCUT2D eigenvalue weighted by Gasteiger charge is -2.35. The second-order valence-corrected chi connectivity index (χ2v) is 7.85. The molecule has 0 aromatic heterocycles. The number of allylic oxidation sites excluding steroid dienone is 1. The van der Waals surface area contributed by atoms with Crippen molar-refractivity contribution in [1.29, 1.82) is 0 Å². The highest BCUT2D eigenvalue weighted by Crippen LogP contribution is 2.41. The van der Waals surface area contributed by atoms with Gasteiger partial charge in [0.15, 0.2) is 0 Å². The summed E-state index contributed by atoms with van der Waals surface area (Å²) in [7, 11) is 5.57. The molecular weight excluding hydrogens is 353 g/mol. The van der Waals surface area contributed by atoms with Gasteiger partial charge in [-0.25, -0.2) is 9.18 Å². The average molecular weight is 381 g/mol. The molecule has 1 saturated carbocycles. The molecule has 1 aliphatic carbocycles. The molecule has 3 nitrogen and oxygen atoms in total. The molecule has 1 fully saturated rings.